The first-order valence-electron chi connectivity index (χ1n) is 12.0. The van der Waals surface area contributed by atoms with Crippen LogP contribution in [0.4, 0.5) is 18.0 Å². The van der Waals surface area contributed by atoms with Crippen LogP contribution in [0.1, 0.15) is 23.6 Å². The van der Waals surface area contributed by atoms with E-state index in [1.165, 1.54) is 16.0 Å². The minimum absolute atomic E-state index is 0.234. The third-order valence-electron chi connectivity index (χ3n) is 6.57. The van der Waals surface area contributed by atoms with Gasteiger partial charge in [-0.15, -0.1) is 13.2 Å². The number of carbonyl (C=O) groups excluding carboxylic acids is 1. The lowest BCUT2D eigenvalue weighted by Gasteiger charge is -2.38. The molecular formula is C28H24BrF3N2O4S. The highest BCUT2D eigenvalue weighted by atomic mass is 79.9. The Bertz CT molecular complexity index is 1500. The van der Waals surface area contributed by atoms with Gasteiger partial charge in [-0.3, -0.25) is 0 Å². The van der Waals surface area contributed by atoms with Gasteiger partial charge in [-0.25, -0.2) is 9.36 Å². The second-order valence-electron chi connectivity index (χ2n) is 8.90. The molecule has 5 rings (SSSR count). The van der Waals surface area contributed by atoms with Crippen LogP contribution in [0.2, 0.25) is 0 Å². The van der Waals surface area contributed by atoms with Crippen LogP contribution in [-0.4, -0.2) is 53.7 Å². The Hall–Kier alpha value is -3.36. The van der Waals surface area contributed by atoms with Gasteiger partial charge in [0.05, 0.1) is 31.2 Å². The number of benzene rings is 2. The maximum absolute atomic E-state index is 13.9. The predicted octanol–water partition coefficient (Wildman–Crippen LogP) is 7.00. The zero-order chi connectivity index (χ0) is 27.7. The molecule has 0 aliphatic carbocycles. The van der Waals surface area contributed by atoms with Gasteiger partial charge in [0.1, 0.15) is 17.3 Å². The van der Waals surface area contributed by atoms with Crippen molar-refractivity contribution >= 4 is 48.7 Å². The molecule has 2 unspecified atom stereocenters. The van der Waals surface area contributed by atoms with Gasteiger partial charge in [0, 0.05) is 34.2 Å². The fraction of sp³-hybridized carbons (Fsp3) is 0.286. The number of hydrogen-bond donors (Lipinski definition) is 0. The van der Waals surface area contributed by atoms with Crippen LogP contribution in [-0.2, 0) is 11.2 Å². The third-order valence-corrected chi connectivity index (χ3v) is 8.81. The quantitative estimate of drug-likeness (QED) is 0.279. The van der Waals surface area contributed by atoms with E-state index in [0.717, 1.165) is 21.0 Å². The molecule has 0 fully saturated rings. The number of alkyl halides is 3. The summed E-state index contributed by atoms with van der Waals surface area (Å²) in [5, 5.41) is 4.08. The van der Waals surface area contributed by atoms with Crippen molar-refractivity contribution in [3.63, 3.8) is 0 Å². The van der Waals surface area contributed by atoms with E-state index in [0.29, 0.717) is 42.2 Å². The molecular weight excluding hydrogens is 597 g/mol. The molecule has 2 aromatic carbocycles. The number of nitrogens with zero attached hydrogens (tertiary/aromatic N) is 2. The number of fused-ring (bicyclic) bond motifs is 2. The first-order valence-corrected chi connectivity index (χ1v) is 14.3. The van der Waals surface area contributed by atoms with Crippen LogP contribution in [0.5, 0.6) is 11.5 Å². The second kappa shape index (κ2) is 11.0. The lowest BCUT2D eigenvalue weighted by Crippen LogP contribution is -2.42. The molecule has 3 heterocycles. The fourth-order valence-electron chi connectivity index (χ4n) is 4.90. The molecule has 2 atom stereocenters. The Balaban J connectivity index is 1.50. The van der Waals surface area contributed by atoms with Crippen LogP contribution < -0.4 is 9.47 Å². The Morgan fingerprint density at radius 1 is 1.21 bits per heavy atom. The molecule has 2 aliphatic rings. The summed E-state index contributed by atoms with van der Waals surface area (Å²) in [6.07, 6.45) is 2.12. The highest BCUT2D eigenvalue weighted by Crippen LogP contribution is 2.43. The van der Waals surface area contributed by atoms with Gasteiger partial charge < -0.3 is 19.1 Å². The van der Waals surface area contributed by atoms with Gasteiger partial charge >= 0.3 is 12.4 Å². The summed E-state index contributed by atoms with van der Waals surface area (Å²) < 4.78 is 56.0. The van der Waals surface area contributed by atoms with Crippen LogP contribution in [0.3, 0.4) is 0 Å². The zero-order valence-electron chi connectivity index (χ0n) is 21.0. The summed E-state index contributed by atoms with van der Waals surface area (Å²) in [5.74, 6) is 1.52. The van der Waals surface area contributed by atoms with Crippen molar-refractivity contribution in [2.24, 2.45) is 0 Å². The molecule has 0 saturated carbocycles. The van der Waals surface area contributed by atoms with E-state index in [1.807, 2.05) is 29.7 Å². The van der Waals surface area contributed by atoms with E-state index in [2.05, 4.69) is 32.9 Å². The minimum atomic E-state index is -4.76. The monoisotopic (exact) mass is 620 g/mol. The maximum atomic E-state index is 13.9. The fourth-order valence-corrected chi connectivity index (χ4v) is 6.79. The number of halogens is 4. The highest BCUT2D eigenvalue weighted by molar-refractivity contribution is 9.10. The largest absolute Gasteiger partial charge is 0.573 e. The summed E-state index contributed by atoms with van der Waals surface area (Å²) in [6.45, 7) is 0.437. The van der Waals surface area contributed by atoms with Gasteiger partial charge in [0.2, 0.25) is 0 Å². The van der Waals surface area contributed by atoms with Crippen molar-refractivity contribution in [1.29, 1.82) is 0 Å². The summed E-state index contributed by atoms with van der Waals surface area (Å²) in [4.78, 5) is 15.7. The number of ether oxygens (including phenoxy) is 3. The Morgan fingerprint density at radius 2 is 2.03 bits per heavy atom. The number of aromatic nitrogens is 1. The van der Waals surface area contributed by atoms with Crippen molar-refractivity contribution in [1.82, 2.24) is 9.47 Å². The van der Waals surface area contributed by atoms with Crippen LogP contribution in [0.15, 0.2) is 58.1 Å². The molecule has 6 nitrogen and oxygen atoms in total. The van der Waals surface area contributed by atoms with Crippen molar-refractivity contribution in [2.45, 2.75) is 25.2 Å². The zero-order valence-corrected chi connectivity index (χ0v) is 23.5. The third kappa shape index (κ3) is 5.82. The van der Waals surface area contributed by atoms with E-state index in [1.54, 1.807) is 31.3 Å². The van der Waals surface area contributed by atoms with Crippen molar-refractivity contribution in [3.8, 4) is 11.5 Å². The Morgan fingerprint density at radius 3 is 2.77 bits per heavy atom. The minimum Gasteiger partial charge on any atom is -0.497 e. The molecule has 3 aromatic rings. The topological polar surface area (TPSA) is 52.9 Å². The highest BCUT2D eigenvalue weighted by Gasteiger charge is 2.35. The Labute approximate surface area is 234 Å². The summed E-state index contributed by atoms with van der Waals surface area (Å²) >= 11 is 3.44. The van der Waals surface area contributed by atoms with E-state index in [4.69, 9.17) is 9.47 Å². The van der Waals surface area contributed by atoms with Gasteiger partial charge in [-0.05, 0) is 66.0 Å². The van der Waals surface area contributed by atoms with Gasteiger partial charge in [0.25, 0.3) is 0 Å². The number of rotatable bonds is 6. The smallest absolute Gasteiger partial charge is 0.497 e. The molecule has 204 valence electrons. The van der Waals surface area contributed by atoms with Crippen molar-refractivity contribution in [2.75, 3.05) is 26.5 Å². The van der Waals surface area contributed by atoms with Gasteiger partial charge in [-0.1, -0.05) is 22.0 Å². The molecule has 0 radical (unpaired) electrons. The van der Waals surface area contributed by atoms with Crippen molar-refractivity contribution < 1.29 is 32.2 Å². The number of amides is 1. The molecule has 0 bridgehead atoms. The van der Waals surface area contributed by atoms with E-state index in [-0.39, 0.29) is 11.8 Å². The van der Waals surface area contributed by atoms with E-state index < -0.39 is 22.9 Å². The van der Waals surface area contributed by atoms with Crippen LogP contribution in [0.25, 0.3) is 10.9 Å². The van der Waals surface area contributed by atoms with Gasteiger partial charge in [0.15, 0.2) is 0 Å². The van der Waals surface area contributed by atoms with Gasteiger partial charge in [-0.2, -0.15) is 10.5 Å². The Kier molecular flexibility index (Phi) is 7.69. The molecule has 0 saturated heterocycles. The van der Waals surface area contributed by atoms with Crippen LogP contribution >= 0.6 is 26.4 Å². The first-order chi connectivity index (χ1) is 18.7. The second-order valence-corrected chi connectivity index (χ2v) is 11.7. The predicted molar refractivity (Wildman–Crippen MR) is 148 cm³/mol. The summed E-state index contributed by atoms with van der Waals surface area (Å²) in [7, 11) is 2.53. The maximum Gasteiger partial charge on any atom is 0.573 e. The molecule has 39 heavy (non-hydrogen) atoms. The van der Waals surface area contributed by atoms with Crippen LogP contribution in [0, 0.1) is 12.3 Å². The number of hydrogen-bond acceptors (Lipinski definition) is 4. The first kappa shape index (κ1) is 27.2. The molecule has 2 aliphatic heterocycles. The average molecular weight is 621 g/mol. The standard InChI is InChI=1S/C28H24BrF3N2O4S/c1-36-22-15-19-8-11-34(27(35)33-10-7-18-14-20(29)5-6-23(18)33)24(26(19)25(16-22)37-2)9-13-39-12-3-4-21(17-39)38-28(30,31)32/h3-6,12,14-17,24H,8-9,11,13H2,1-2H3. The number of carbonyl (C=O) groups is 1. The lowest BCUT2D eigenvalue weighted by molar-refractivity contribution is -0.301. The SMILES string of the molecule is COc1cc2c(c(OC)c1)C(CCS1=CC(OC(F)(F)F)=CC=C1)N(C(=O)n1c#cc3cc(Br)ccc31)CC2. The molecule has 0 N–H and O–H groups in total. The molecule has 0 spiro atoms. The molecule has 1 aromatic heterocycles. The summed E-state index contributed by atoms with van der Waals surface area (Å²) in [6, 6.07) is 11.7. The normalized spacial score (nSPS) is 18.6. The molecule has 11 heteroatoms. The number of allylic oxidation sites excluding steroid dienone is 3. The number of methoxy groups -OCH3 is 2. The lowest BCUT2D eigenvalue weighted by atomic mass is 9.90. The average Bonchev–Trinajstić information content (AvgIpc) is 3.32. The van der Waals surface area contributed by atoms with Crippen molar-refractivity contribution in [3.05, 3.63) is 81.5 Å². The molecule has 1 amide bonds. The van der Waals surface area contributed by atoms with E-state index in [9.17, 15) is 18.0 Å². The summed E-state index contributed by atoms with van der Waals surface area (Å²) in [5.41, 5.74) is 2.55. The van der Waals surface area contributed by atoms with E-state index >= 15 is 0 Å².